The first-order chi connectivity index (χ1) is 18.2. The first kappa shape index (κ1) is 30.5. The number of amides is 3. The molecule has 0 aliphatic carbocycles. The summed E-state index contributed by atoms with van der Waals surface area (Å²) in [5.41, 5.74) is -3.70. The molecule has 1 aromatic rings. The second-order valence-corrected chi connectivity index (χ2v) is 10.3. The molecule has 1 fully saturated rings. The number of likely N-dealkylation sites (tertiary alicyclic amines) is 1. The number of hydrogen-bond acceptors (Lipinski definition) is 6. The monoisotopic (exact) mass is 559 g/mol. The van der Waals surface area contributed by atoms with Gasteiger partial charge in [-0.15, -0.1) is 0 Å². The lowest BCUT2D eigenvalue weighted by Gasteiger charge is -2.42. The Bertz CT molecular complexity index is 1080. The molecule has 0 aromatic heterocycles. The SMILES string of the molecule is COCCCCN1C(=O)C(C)(CO)Oc2cc(C(F)(F)F)c(C(=O)N(C(C)C)[C@@H]3CCCN(C(=O)O)C3)cc21. The van der Waals surface area contributed by atoms with Gasteiger partial charge in [0.05, 0.1) is 29.5 Å². The standard InChI is InChI=1S/C26H36F3N3O7/c1-16(2)32(17-8-7-9-30(14-17)24(36)37)22(34)18-12-20-21(13-19(18)26(27,28)29)39-25(3,15-33)23(35)31(20)10-5-6-11-38-4/h12-13,16-17,33H,5-11,14-15H2,1-4H3,(H,36,37)/t17-,25?/m1/s1. The van der Waals surface area contributed by atoms with Crippen LogP contribution in [0.4, 0.5) is 23.7 Å². The van der Waals surface area contributed by atoms with Crippen molar-refractivity contribution in [2.75, 3.05) is 44.9 Å². The van der Waals surface area contributed by atoms with Crippen molar-refractivity contribution in [1.29, 1.82) is 0 Å². The average molecular weight is 560 g/mol. The van der Waals surface area contributed by atoms with Crippen LogP contribution in [0, 0.1) is 0 Å². The molecule has 2 aliphatic rings. The quantitative estimate of drug-likeness (QED) is 0.444. The van der Waals surface area contributed by atoms with Crippen molar-refractivity contribution >= 4 is 23.6 Å². The van der Waals surface area contributed by atoms with E-state index in [0.29, 0.717) is 38.4 Å². The molecule has 2 aliphatic heterocycles. The summed E-state index contributed by atoms with van der Waals surface area (Å²) in [5, 5.41) is 19.3. The van der Waals surface area contributed by atoms with Crippen LogP contribution < -0.4 is 9.64 Å². The number of hydrogen-bond donors (Lipinski definition) is 2. The van der Waals surface area contributed by atoms with Crippen molar-refractivity contribution in [2.24, 2.45) is 0 Å². The number of rotatable bonds is 9. The number of ether oxygens (including phenoxy) is 2. The molecule has 1 saturated heterocycles. The Kier molecular flexibility index (Phi) is 9.37. The van der Waals surface area contributed by atoms with Gasteiger partial charge in [-0.3, -0.25) is 9.59 Å². The summed E-state index contributed by atoms with van der Waals surface area (Å²) in [6, 6.07) is 0.571. The molecular weight excluding hydrogens is 523 g/mol. The average Bonchev–Trinajstić information content (AvgIpc) is 2.87. The molecule has 2 atom stereocenters. The molecule has 218 valence electrons. The van der Waals surface area contributed by atoms with Gasteiger partial charge in [0, 0.05) is 39.4 Å². The zero-order valence-corrected chi connectivity index (χ0v) is 22.6. The van der Waals surface area contributed by atoms with Crippen molar-refractivity contribution in [3.05, 3.63) is 23.3 Å². The van der Waals surface area contributed by atoms with Crippen molar-refractivity contribution in [1.82, 2.24) is 9.80 Å². The van der Waals surface area contributed by atoms with Crippen LogP contribution in [0.15, 0.2) is 12.1 Å². The molecule has 0 radical (unpaired) electrons. The summed E-state index contributed by atoms with van der Waals surface area (Å²) < 4.78 is 53.6. The number of carboxylic acid groups (broad SMARTS) is 1. The third-order valence-corrected chi connectivity index (χ3v) is 7.09. The van der Waals surface area contributed by atoms with E-state index in [4.69, 9.17) is 9.47 Å². The van der Waals surface area contributed by atoms with Gasteiger partial charge in [0.25, 0.3) is 11.8 Å². The van der Waals surface area contributed by atoms with Crippen molar-refractivity contribution in [2.45, 2.75) is 70.3 Å². The van der Waals surface area contributed by atoms with Crippen LogP contribution in [0.25, 0.3) is 0 Å². The highest BCUT2D eigenvalue weighted by Crippen LogP contribution is 2.44. The van der Waals surface area contributed by atoms with Crippen LogP contribution in [-0.4, -0.2) is 95.6 Å². The number of carbonyl (C=O) groups excluding carboxylic acids is 2. The summed E-state index contributed by atoms with van der Waals surface area (Å²) in [7, 11) is 1.52. The number of nitrogens with zero attached hydrogens (tertiary/aromatic N) is 3. The number of alkyl halides is 3. The highest BCUT2D eigenvalue weighted by atomic mass is 19.4. The lowest BCUT2D eigenvalue weighted by atomic mass is 9.96. The van der Waals surface area contributed by atoms with Gasteiger partial charge in [-0.2, -0.15) is 13.2 Å². The number of aliphatic hydroxyl groups excluding tert-OH is 1. The minimum Gasteiger partial charge on any atom is -0.473 e. The predicted octanol–water partition coefficient (Wildman–Crippen LogP) is 3.60. The fourth-order valence-corrected chi connectivity index (χ4v) is 5.11. The van der Waals surface area contributed by atoms with Gasteiger partial charge in [0.2, 0.25) is 5.60 Å². The maximum Gasteiger partial charge on any atom is 0.417 e. The highest BCUT2D eigenvalue weighted by Gasteiger charge is 2.47. The molecule has 0 spiro atoms. The van der Waals surface area contributed by atoms with Gasteiger partial charge < -0.3 is 34.4 Å². The van der Waals surface area contributed by atoms with Crippen LogP contribution in [0.5, 0.6) is 5.75 Å². The molecule has 3 amide bonds. The smallest absolute Gasteiger partial charge is 0.417 e. The van der Waals surface area contributed by atoms with E-state index in [1.54, 1.807) is 13.8 Å². The van der Waals surface area contributed by atoms with Gasteiger partial charge in [-0.1, -0.05) is 0 Å². The zero-order chi connectivity index (χ0) is 29.1. The van der Waals surface area contributed by atoms with E-state index in [1.807, 2.05) is 0 Å². The van der Waals surface area contributed by atoms with Crippen LogP contribution in [0.1, 0.15) is 62.4 Å². The van der Waals surface area contributed by atoms with Gasteiger partial charge >= 0.3 is 12.3 Å². The third-order valence-electron chi connectivity index (χ3n) is 7.09. The molecule has 0 saturated carbocycles. The maximum atomic E-state index is 14.3. The fourth-order valence-electron chi connectivity index (χ4n) is 5.11. The molecule has 2 heterocycles. The van der Waals surface area contributed by atoms with Crippen LogP contribution in [0.3, 0.4) is 0 Å². The lowest BCUT2D eigenvalue weighted by Crippen LogP contribution is -2.57. The number of aliphatic hydroxyl groups is 1. The molecule has 1 unspecified atom stereocenters. The van der Waals surface area contributed by atoms with E-state index < -0.39 is 59.5 Å². The zero-order valence-electron chi connectivity index (χ0n) is 22.6. The number of fused-ring (bicyclic) bond motifs is 1. The Balaban J connectivity index is 2.12. The lowest BCUT2D eigenvalue weighted by molar-refractivity contribution is -0.139. The fraction of sp³-hybridized carbons (Fsp3) is 0.654. The number of halogens is 3. The molecule has 10 nitrogen and oxygen atoms in total. The molecule has 0 bridgehead atoms. The summed E-state index contributed by atoms with van der Waals surface area (Å²) in [5.74, 6) is -1.83. The normalized spacial score (nSPS) is 21.6. The van der Waals surface area contributed by atoms with E-state index in [0.717, 1.165) is 11.0 Å². The Hall–Kier alpha value is -3.06. The molecular formula is C26H36F3N3O7. The van der Waals surface area contributed by atoms with Crippen LogP contribution >= 0.6 is 0 Å². The molecule has 1 aromatic carbocycles. The Labute approximate surface area is 225 Å². The first-order valence-corrected chi connectivity index (χ1v) is 12.9. The first-order valence-electron chi connectivity index (χ1n) is 12.9. The van der Waals surface area contributed by atoms with Crippen LogP contribution in [0.2, 0.25) is 0 Å². The number of unbranched alkanes of at least 4 members (excludes halogenated alkanes) is 1. The Morgan fingerprint density at radius 3 is 2.54 bits per heavy atom. The summed E-state index contributed by atoms with van der Waals surface area (Å²) in [6.07, 6.45) is -4.18. The van der Waals surface area contributed by atoms with E-state index in [2.05, 4.69) is 0 Å². The van der Waals surface area contributed by atoms with Crippen molar-refractivity contribution in [3.8, 4) is 5.75 Å². The Morgan fingerprint density at radius 1 is 1.28 bits per heavy atom. The molecule has 2 N–H and O–H groups in total. The second kappa shape index (κ2) is 12.0. The number of anilines is 1. The highest BCUT2D eigenvalue weighted by molar-refractivity contribution is 6.05. The minimum absolute atomic E-state index is 0.000736. The number of benzene rings is 1. The van der Waals surface area contributed by atoms with Gasteiger partial charge in [-0.05, 0) is 58.6 Å². The van der Waals surface area contributed by atoms with Gasteiger partial charge in [0.1, 0.15) is 5.75 Å². The molecule has 39 heavy (non-hydrogen) atoms. The molecule has 13 heteroatoms. The predicted molar refractivity (Wildman–Crippen MR) is 135 cm³/mol. The van der Waals surface area contributed by atoms with Crippen LogP contribution in [-0.2, 0) is 15.7 Å². The number of methoxy groups -OCH3 is 1. The topological polar surface area (TPSA) is 120 Å². The number of carbonyl (C=O) groups is 3. The van der Waals surface area contributed by atoms with Gasteiger partial charge in [-0.25, -0.2) is 4.79 Å². The van der Waals surface area contributed by atoms with E-state index in [-0.39, 0.29) is 31.1 Å². The number of piperidine rings is 1. The minimum atomic E-state index is -4.94. The largest absolute Gasteiger partial charge is 0.473 e. The summed E-state index contributed by atoms with van der Waals surface area (Å²) >= 11 is 0. The maximum absolute atomic E-state index is 14.3. The summed E-state index contributed by atoms with van der Waals surface area (Å²) in [4.78, 5) is 42.4. The Morgan fingerprint density at radius 2 is 1.97 bits per heavy atom. The van der Waals surface area contributed by atoms with Crippen molar-refractivity contribution < 1.29 is 47.2 Å². The second-order valence-electron chi connectivity index (χ2n) is 10.3. The van der Waals surface area contributed by atoms with E-state index in [9.17, 15) is 37.8 Å². The van der Waals surface area contributed by atoms with E-state index >= 15 is 0 Å². The summed E-state index contributed by atoms with van der Waals surface area (Å²) in [6.45, 7) is 4.63. The van der Waals surface area contributed by atoms with Gasteiger partial charge in [0.15, 0.2) is 0 Å². The molecule has 3 rings (SSSR count). The van der Waals surface area contributed by atoms with E-state index in [1.165, 1.54) is 23.8 Å². The van der Waals surface area contributed by atoms with Crippen molar-refractivity contribution in [3.63, 3.8) is 0 Å². The third kappa shape index (κ3) is 6.40.